The van der Waals surface area contributed by atoms with Gasteiger partial charge in [-0.05, 0) is 25.0 Å². The lowest BCUT2D eigenvalue weighted by atomic mass is 9.89. The van der Waals surface area contributed by atoms with E-state index in [1.54, 1.807) is 18.2 Å². The number of rotatable bonds is 2. The zero-order chi connectivity index (χ0) is 12.4. The van der Waals surface area contributed by atoms with Crippen LogP contribution in [-0.4, -0.2) is 17.7 Å². The Bertz CT molecular complexity index is 434. The van der Waals surface area contributed by atoms with Crippen LogP contribution in [0.3, 0.4) is 0 Å². The summed E-state index contributed by atoms with van der Waals surface area (Å²) in [7, 11) is 0. The van der Waals surface area contributed by atoms with Crippen LogP contribution in [0.5, 0.6) is 0 Å². The first-order valence-electron chi connectivity index (χ1n) is 5.39. The maximum absolute atomic E-state index is 11.2. The molecule has 1 saturated heterocycles. The Labute approximate surface area is 109 Å². The van der Waals surface area contributed by atoms with E-state index in [9.17, 15) is 4.79 Å². The summed E-state index contributed by atoms with van der Waals surface area (Å²) < 4.78 is 5.55. The molecule has 17 heavy (non-hydrogen) atoms. The molecule has 0 saturated carbocycles. The van der Waals surface area contributed by atoms with Crippen LogP contribution in [0.4, 0.5) is 0 Å². The van der Waals surface area contributed by atoms with E-state index in [1.807, 2.05) is 0 Å². The fraction of sp³-hybridized carbons (Fsp3) is 0.417. The first kappa shape index (κ1) is 12.7. The molecule has 1 aromatic carbocycles. The lowest BCUT2D eigenvalue weighted by Crippen LogP contribution is -2.29. The lowest BCUT2D eigenvalue weighted by Gasteiger charge is -2.29. The minimum absolute atomic E-state index is 0.454. The van der Waals surface area contributed by atoms with Gasteiger partial charge in [-0.3, -0.25) is 4.79 Å². The topological polar surface area (TPSA) is 46.5 Å². The Morgan fingerprint density at radius 2 is 2.18 bits per heavy atom. The minimum Gasteiger partial charge on any atom is -0.481 e. The van der Waals surface area contributed by atoms with Crippen molar-refractivity contribution < 1.29 is 14.6 Å². The molecule has 1 aliphatic heterocycles. The zero-order valence-corrected chi connectivity index (χ0v) is 10.5. The van der Waals surface area contributed by atoms with E-state index in [1.165, 1.54) is 0 Å². The van der Waals surface area contributed by atoms with Gasteiger partial charge in [0.05, 0.1) is 12.0 Å². The highest BCUT2D eigenvalue weighted by Crippen LogP contribution is 2.37. The summed E-state index contributed by atoms with van der Waals surface area (Å²) in [6.07, 6.45) is 0.892. The predicted octanol–water partition coefficient (Wildman–Crippen LogP) is 3.55. The predicted molar refractivity (Wildman–Crippen MR) is 65.5 cm³/mol. The molecule has 1 aromatic rings. The smallest absolute Gasteiger partial charge is 0.309 e. The average Bonchev–Trinajstić information content (AvgIpc) is 2.29. The molecular weight excluding hydrogens is 263 g/mol. The number of ether oxygens (including phenoxy) is 1. The first-order chi connectivity index (χ1) is 8.09. The number of hydrogen-bond acceptors (Lipinski definition) is 2. The third-order valence-electron chi connectivity index (χ3n) is 2.91. The molecule has 92 valence electrons. The summed E-state index contributed by atoms with van der Waals surface area (Å²) in [5, 5.41) is 10.1. The van der Waals surface area contributed by atoms with Crippen molar-refractivity contribution >= 4 is 29.2 Å². The lowest BCUT2D eigenvalue weighted by molar-refractivity contribution is -0.151. The molecule has 5 heteroatoms. The van der Waals surface area contributed by atoms with Crippen molar-refractivity contribution in [3.05, 3.63) is 33.8 Å². The van der Waals surface area contributed by atoms with Gasteiger partial charge >= 0.3 is 5.97 Å². The standard InChI is InChI=1S/C12H12Cl2O3/c13-7-3-4-8(10(14)6-7)11-9(12(15)16)2-1-5-17-11/h3-4,6,9,11H,1-2,5H2,(H,15,16)/t9-,11-/m1/s1. The van der Waals surface area contributed by atoms with Gasteiger partial charge < -0.3 is 9.84 Å². The van der Waals surface area contributed by atoms with Gasteiger partial charge in [-0.15, -0.1) is 0 Å². The van der Waals surface area contributed by atoms with Crippen LogP contribution in [0, 0.1) is 5.92 Å². The fourth-order valence-corrected chi connectivity index (χ4v) is 2.59. The van der Waals surface area contributed by atoms with E-state index < -0.39 is 18.0 Å². The molecule has 3 nitrogen and oxygen atoms in total. The molecule has 1 N–H and O–H groups in total. The Hall–Kier alpha value is -0.770. The molecule has 2 atom stereocenters. The van der Waals surface area contributed by atoms with Crippen LogP contribution >= 0.6 is 23.2 Å². The van der Waals surface area contributed by atoms with Gasteiger partial charge in [0.1, 0.15) is 0 Å². The van der Waals surface area contributed by atoms with Crippen molar-refractivity contribution in [2.24, 2.45) is 5.92 Å². The average molecular weight is 275 g/mol. The van der Waals surface area contributed by atoms with E-state index in [4.69, 9.17) is 33.0 Å². The molecule has 1 fully saturated rings. The summed E-state index contributed by atoms with van der Waals surface area (Å²) in [4.78, 5) is 11.2. The highest BCUT2D eigenvalue weighted by atomic mass is 35.5. The summed E-state index contributed by atoms with van der Waals surface area (Å²) in [6.45, 7) is 0.563. The summed E-state index contributed by atoms with van der Waals surface area (Å²) >= 11 is 11.9. The molecular formula is C12H12Cl2O3. The summed E-state index contributed by atoms with van der Waals surface area (Å²) in [5.74, 6) is -1.39. The molecule has 0 unspecified atom stereocenters. The zero-order valence-electron chi connectivity index (χ0n) is 9.03. The second-order valence-corrected chi connectivity index (χ2v) is 4.89. The number of carboxylic acid groups (broad SMARTS) is 1. The van der Waals surface area contributed by atoms with Crippen molar-refractivity contribution in [2.45, 2.75) is 18.9 Å². The van der Waals surface area contributed by atoms with Gasteiger partial charge in [-0.2, -0.15) is 0 Å². The maximum Gasteiger partial charge on any atom is 0.309 e. The van der Waals surface area contributed by atoms with Crippen molar-refractivity contribution in [3.8, 4) is 0 Å². The van der Waals surface area contributed by atoms with Crippen molar-refractivity contribution in [1.82, 2.24) is 0 Å². The second-order valence-electron chi connectivity index (χ2n) is 4.04. The number of carbonyl (C=O) groups is 1. The molecule has 2 rings (SSSR count). The first-order valence-corrected chi connectivity index (χ1v) is 6.14. The van der Waals surface area contributed by atoms with E-state index in [0.717, 1.165) is 6.42 Å². The van der Waals surface area contributed by atoms with Gasteiger partial charge in [0.15, 0.2) is 0 Å². The van der Waals surface area contributed by atoms with Crippen LogP contribution in [0.2, 0.25) is 10.0 Å². The summed E-state index contributed by atoms with van der Waals surface area (Å²) in [5.41, 5.74) is 0.697. The molecule has 0 bridgehead atoms. The van der Waals surface area contributed by atoms with Crippen LogP contribution in [-0.2, 0) is 9.53 Å². The van der Waals surface area contributed by atoms with Gasteiger partial charge in [0.2, 0.25) is 0 Å². The highest BCUT2D eigenvalue weighted by molar-refractivity contribution is 6.35. The second kappa shape index (κ2) is 5.25. The monoisotopic (exact) mass is 274 g/mol. The van der Waals surface area contributed by atoms with Crippen LogP contribution < -0.4 is 0 Å². The Morgan fingerprint density at radius 1 is 1.41 bits per heavy atom. The van der Waals surface area contributed by atoms with Gasteiger partial charge in [-0.1, -0.05) is 29.3 Å². The van der Waals surface area contributed by atoms with Crippen molar-refractivity contribution in [2.75, 3.05) is 6.61 Å². The van der Waals surface area contributed by atoms with Crippen LogP contribution in [0.1, 0.15) is 24.5 Å². The molecule has 0 spiro atoms. The number of carboxylic acids is 1. The summed E-state index contributed by atoms with van der Waals surface area (Å²) in [6, 6.07) is 5.03. The molecule has 0 amide bonds. The van der Waals surface area contributed by atoms with Gasteiger partial charge in [0, 0.05) is 22.2 Å². The maximum atomic E-state index is 11.2. The van der Waals surface area contributed by atoms with Gasteiger partial charge in [-0.25, -0.2) is 0 Å². The fourth-order valence-electron chi connectivity index (χ4n) is 2.07. The third-order valence-corrected chi connectivity index (χ3v) is 3.47. The molecule has 1 aliphatic rings. The molecule has 0 radical (unpaired) electrons. The molecule has 0 aromatic heterocycles. The Kier molecular flexibility index (Phi) is 3.92. The molecule has 1 heterocycles. The van der Waals surface area contributed by atoms with E-state index in [-0.39, 0.29) is 0 Å². The number of halogens is 2. The van der Waals surface area contributed by atoms with Gasteiger partial charge in [0.25, 0.3) is 0 Å². The Morgan fingerprint density at radius 3 is 2.82 bits per heavy atom. The van der Waals surface area contributed by atoms with Crippen LogP contribution in [0.25, 0.3) is 0 Å². The van der Waals surface area contributed by atoms with Crippen molar-refractivity contribution in [1.29, 1.82) is 0 Å². The molecule has 0 aliphatic carbocycles. The van der Waals surface area contributed by atoms with Crippen LogP contribution in [0.15, 0.2) is 18.2 Å². The quantitative estimate of drug-likeness (QED) is 0.897. The SMILES string of the molecule is O=C(O)[C@@H]1CCCO[C@@H]1c1ccc(Cl)cc1Cl. The third kappa shape index (κ3) is 2.73. The number of aliphatic carboxylic acids is 1. The van der Waals surface area contributed by atoms with E-state index in [2.05, 4.69) is 0 Å². The minimum atomic E-state index is -0.847. The van der Waals surface area contributed by atoms with Crippen molar-refractivity contribution in [3.63, 3.8) is 0 Å². The normalized spacial score (nSPS) is 24.6. The Balaban J connectivity index is 2.32. The number of hydrogen-bond donors (Lipinski definition) is 1. The largest absolute Gasteiger partial charge is 0.481 e. The van der Waals surface area contributed by atoms with E-state index >= 15 is 0 Å². The van der Waals surface area contributed by atoms with E-state index in [0.29, 0.717) is 28.6 Å². The highest BCUT2D eigenvalue weighted by Gasteiger charge is 2.34. The number of benzene rings is 1.